The van der Waals surface area contributed by atoms with E-state index in [2.05, 4.69) is 36.2 Å². The van der Waals surface area contributed by atoms with E-state index in [1.165, 1.54) is 10.5 Å². The fourth-order valence-corrected chi connectivity index (χ4v) is 2.82. The van der Waals surface area contributed by atoms with Crippen LogP contribution in [0.2, 0.25) is 0 Å². The molecule has 0 aliphatic rings. The lowest BCUT2D eigenvalue weighted by Gasteiger charge is -2.04. The molecule has 1 aromatic heterocycles. The smallest absolute Gasteiger partial charge is 0.189 e. The molecule has 2 nitrogen and oxygen atoms in total. The summed E-state index contributed by atoms with van der Waals surface area (Å²) in [7, 11) is 0. The van der Waals surface area contributed by atoms with Crippen molar-refractivity contribution in [2.24, 2.45) is 0 Å². The van der Waals surface area contributed by atoms with Gasteiger partial charge in [0.1, 0.15) is 0 Å². The summed E-state index contributed by atoms with van der Waals surface area (Å²) >= 11 is 1.69. The van der Waals surface area contributed by atoms with Crippen LogP contribution in [0.5, 0.6) is 0 Å². The van der Waals surface area contributed by atoms with Gasteiger partial charge >= 0.3 is 0 Å². The summed E-state index contributed by atoms with van der Waals surface area (Å²) in [5.41, 5.74) is 2.19. The van der Waals surface area contributed by atoms with Crippen molar-refractivity contribution in [2.75, 3.05) is 0 Å². The second kappa shape index (κ2) is 4.94. The van der Waals surface area contributed by atoms with Crippen molar-refractivity contribution in [1.29, 1.82) is 0 Å². The van der Waals surface area contributed by atoms with E-state index < -0.39 is 0 Å². The topological polar surface area (TPSA) is 32.9 Å². The van der Waals surface area contributed by atoms with E-state index in [4.69, 9.17) is 0 Å². The number of aromatic amines is 1. The van der Waals surface area contributed by atoms with Crippen molar-refractivity contribution in [3.63, 3.8) is 0 Å². The first-order valence-corrected chi connectivity index (χ1v) is 6.90. The molecule has 0 saturated heterocycles. The number of hydrogen-bond donors (Lipinski definition) is 1. The zero-order chi connectivity index (χ0) is 13.2. The lowest BCUT2D eigenvalue weighted by Crippen LogP contribution is -1.99. The second-order valence-electron chi connectivity index (χ2n) is 4.46. The fraction of sp³-hybridized carbons (Fsp3) is 0.0625. The second-order valence-corrected chi connectivity index (χ2v) is 5.61. The van der Waals surface area contributed by atoms with E-state index in [0.29, 0.717) is 0 Å². The monoisotopic (exact) mass is 267 g/mol. The number of rotatable bonds is 2. The van der Waals surface area contributed by atoms with Gasteiger partial charge < -0.3 is 4.98 Å². The highest BCUT2D eigenvalue weighted by Gasteiger charge is 2.01. The van der Waals surface area contributed by atoms with Crippen LogP contribution in [0.25, 0.3) is 10.9 Å². The van der Waals surface area contributed by atoms with Gasteiger partial charge in [-0.15, -0.1) is 0 Å². The number of nitrogens with one attached hydrogen (secondary N) is 1. The minimum absolute atomic E-state index is 0.0561. The molecular weight excluding hydrogens is 254 g/mol. The first-order chi connectivity index (χ1) is 9.22. The van der Waals surface area contributed by atoms with Crippen LogP contribution in [0, 0.1) is 6.92 Å². The molecule has 0 spiro atoms. The highest BCUT2D eigenvalue weighted by molar-refractivity contribution is 7.99. The van der Waals surface area contributed by atoms with E-state index >= 15 is 0 Å². The molecule has 19 heavy (non-hydrogen) atoms. The van der Waals surface area contributed by atoms with Gasteiger partial charge in [-0.3, -0.25) is 4.79 Å². The number of aromatic nitrogens is 1. The number of benzene rings is 2. The molecule has 3 aromatic rings. The predicted octanol–water partition coefficient (Wildman–Crippen LogP) is 3.99. The van der Waals surface area contributed by atoms with Crippen molar-refractivity contribution >= 4 is 22.7 Å². The highest BCUT2D eigenvalue weighted by atomic mass is 32.2. The van der Waals surface area contributed by atoms with Crippen LogP contribution in [0.4, 0.5) is 0 Å². The summed E-state index contributed by atoms with van der Waals surface area (Å²) in [4.78, 5) is 17.1. The highest BCUT2D eigenvalue weighted by Crippen LogP contribution is 2.29. The molecule has 0 aliphatic heterocycles. The molecule has 1 heterocycles. The number of pyridine rings is 1. The zero-order valence-corrected chi connectivity index (χ0v) is 11.3. The fourth-order valence-electron chi connectivity index (χ4n) is 1.96. The zero-order valence-electron chi connectivity index (χ0n) is 10.5. The van der Waals surface area contributed by atoms with Crippen molar-refractivity contribution in [3.8, 4) is 0 Å². The lowest BCUT2D eigenvalue weighted by atomic mass is 10.2. The van der Waals surface area contributed by atoms with Crippen LogP contribution in [0.1, 0.15) is 5.56 Å². The molecule has 3 rings (SSSR count). The molecule has 0 atom stereocenters. The van der Waals surface area contributed by atoms with Crippen LogP contribution in [-0.4, -0.2) is 4.98 Å². The maximum atomic E-state index is 11.7. The van der Waals surface area contributed by atoms with Crippen LogP contribution in [-0.2, 0) is 0 Å². The van der Waals surface area contributed by atoms with Gasteiger partial charge in [-0.05, 0) is 37.3 Å². The van der Waals surface area contributed by atoms with E-state index in [0.717, 1.165) is 15.8 Å². The standard InChI is InChI=1S/C16H13NOS/c1-11-2-4-12(5-3-11)19-13-6-7-14-15(10-13)17-9-8-16(14)18/h2-10H,1H3,(H,17,18). The van der Waals surface area contributed by atoms with Crippen LogP contribution in [0.3, 0.4) is 0 Å². The largest absolute Gasteiger partial charge is 0.361 e. The molecule has 0 radical (unpaired) electrons. The average molecular weight is 267 g/mol. The Balaban J connectivity index is 1.97. The SMILES string of the molecule is Cc1ccc(Sc2ccc3c(=O)cc[nH]c3c2)cc1. The molecule has 2 aromatic carbocycles. The summed E-state index contributed by atoms with van der Waals surface area (Å²) in [6.07, 6.45) is 1.69. The van der Waals surface area contributed by atoms with Gasteiger partial charge in [0, 0.05) is 27.4 Å². The molecule has 3 heteroatoms. The van der Waals surface area contributed by atoms with Gasteiger partial charge in [0.15, 0.2) is 5.43 Å². The van der Waals surface area contributed by atoms with Gasteiger partial charge in [-0.2, -0.15) is 0 Å². The molecule has 0 fully saturated rings. The predicted molar refractivity (Wildman–Crippen MR) is 79.9 cm³/mol. The average Bonchev–Trinajstić information content (AvgIpc) is 2.42. The van der Waals surface area contributed by atoms with Gasteiger partial charge in [0.05, 0.1) is 5.52 Å². The Hall–Kier alpha value is -2.00. The van der Waals surface area contributed by atoms with Gasteiger partial charge in [-0.1, -0.05) is 29.5 Å². The molecule has 94 valence electrons. The Bertz CT molecular complexity index is 775. The molecule has 0 unspecified atom stereocenters. The van der Waals surface area contributed by atoms with E-state index in [9.17, 15) is 4.79 Å². The first kappa shape index (κ1) is 12.1. The van der Waals surface area contributed by atoms with Crippen molar-refractivity contribution in [2.45, 2.75) is 16.7 Å². The van der Waals surface area contributed by atoms with Crippen LogP contribution >= 0.6 is 11.8 Å². The van der Waals surface area contributed by atoms with Crippen LogP contribution < -0.4 is 5.43 Å². The summed E-state index contributed by atoms with van der Waals surface area (Å²) < 4.78 is 0. The number of fused-ring (bicyclic) bond motifs is 1. The van der Waals surface area contributed by atoms with Crippen molar-refractivity contribution < 1.29 is 0 Å². The first-order valence-electron chi connectivity index (χ1n) is 6.08. The number of hydrogen-bond acceptors (Lipinski definition) is 2. The molecule has 0 bridgehead atoms. The van der Waals surface area contributed by atoms with E-state index in [-0.39, 0.29) is 5.43 Å². The summed E-state index contributed by atoms with van der Waals surface area (Å²) in [5.74, 6) is 0. The van der Waals surface area contributed by atoms with Crippen molar-refractivity contribution in [1.82, 2.24) is 4.98 Å². The third-order valence-electron chi connectivity index (χ3n) is 2.99. The van der Waals surface area contributed by atoms with Gasteiger partial charge in [0.2, 0.25) is 0 Å². The normalized spacial score (nSPS) is 10.8. The quantitative estimate of drug-likeness (QED) is 0.761. The Morgan fingerprint density at radius 1 is 0.947 bits per heavy atom. The Morgan fingerprint density at radius 3 is 2.47 bits per heavy atom. The number of H-pyrrole nitrogens is 1. The van der Waals surface area contributed by atoms with E-state index in [1.807, 2.05) is 18.2 Å². The molecule has 0 aliphatic carbocycles. The van der Waals surface area contributed by atoms with Gasteiger partial charge in [0.25, 0.3) is 0 Å². The minimum atomic E-state index is 0.0561. The molecular formula is C16H13NOS. The third kappa shape index (κ3) is 2.56. The van der Waals surface area contributed by atoms with E-state index in [1.54, 1.807) is 24.0 Å². The van der Waals surface area contributed by atoms with Crippen LogP contribution in [0.15, 0.2) is 69.3 Å². The number of aryl methyl sites for hydroxylation is 1. The Kier molecular flexibility index (Phi) is 3.13. The lowest BCUT2D eigenvalue weighted by molar-refractivity contribution is 1.34. The Morgan fingerprint density at radius 2 is 1.68 bits per heavy atom. The maximum Gasteiger partial charge on any atom is 0.189 e. The minimum Gasteiger partial charge on any atom is -0.361 e. The summed E-state index contributed by atoms with van der Waals surface area (Å²) in [6.45, 7) is 2.08. The summed E-state index contributed by atoms with van der Waals surface area (Å²) in [6, 6.07) is 15.9. The third-order valence-corrected chi connectivity index (χ3v) is 3.98. The molecule has 0 amide bonds. The molecule has 0 saturated carbocycles. The maximum absolute atomic E-state index is 11.7. The van der Waals surface area contributed by atoms with Crippen molar-refractivity contribution in [3.05, 3.63) is 70.5 Å². The molecule has 1 N–H and O–H groups in total. The summed E-state index contributed by atoms with van der Waals surface area (Å²) in [5, 5.41) is 0.732. The van der Waals surface area contributed by atoms with Gasteiger partial charge in [-0.25, -0.2) is 0 Å². The Labute approximate surface area is 115 Å².